The average molecular weight is 290 g/mol. The lowest BCUT2D eigenvalue weighted by Crippen LogP contribution is -2.14. The van der Waals surface area contributed by atoms with E-state index in [1.807, 2.05) is 0 Å². The van der Waals surface area contributed by atoms with Gasteiger partial charge in [-0.25, -0.2) is 13.6 Å². The molecular weight excluding hydrogens is 282 g/mol. The molecule has 0 saturated heterocycles. The molecule has 0 aliphatic carbocycles. The van der Waals surface area contributed by atoms with Crippen molar-refractivity contribution >= 4 is 21.6 Å². The zero-order valence-electron chi connectivity index (χ0n) is 8.91. The second-order valence-corrected chi connectivity index (χ2v) is 5.24. The Balaban J connectivity index is 2.27. The minimum atomic E-state index is -3.92. The Labute approximate surface area is 108 Å². The van der Waals surface area contributed by atoms with Gasteiger partial charge >= 0.3 is 0 Å². The maximum Gasteiger partial charge on any atom is 0.241 e. The molecule has 96 valence electrons. The largest absolute Gasteiger partial charge is 0.484 e. The Hall–Kier alpha value is -1.64. The first-order valence-corrected chi connectivity index (χ1v) is 6.59. The fourth-order valence-corrected chi connectivity index (χ4v) is 2.16. The van der Waals surface area contributed by atoms with Crippen LogP contribution in [0.25, 0.3) is 0 Å². The fourth-order valence-electron chi connectivity index (χ4n) is 1.22. The molecule has 0 aliphatic rings. The van der Waals surface area contributed by atoms with Gasteiger partial charge in [0.1, 0.15) is 10.6 Å². The van der Waals surface area contributed by atoms with E-state index in [0.717, 1.165) is 6.39 Å². The molecule has 9 heteroatoms. The van der Waals surface area contributed by atoms with Gasteiger partial charge < -0.3 is 9.26 Å². The summed E-state index contributed by atoms with van der Waals surface area (Å²) in [5, 5.41) is 8.82. The van der Waals surface area contributed by atoms with Crippen LogP contribution in [0.2, 0.25) is 5.02 Å². The zero-order chi connectivity index (χ0) is 13.2. The van der Waals surface area contributed by atoms with Gasteiger partial charge in [0.25, 0.3) is 0 Å². The monoisotopic (exact) mass is 289 g/mol. The summed E-state index contributed by atoms with van der Waals surface area (Å²) in [7, 11) is -3.92. The first-order chi connectivity index (χ1) is 8.47. The van der Waals surface area contributed by atoms with Gasteiger partial charge in [-0.3, -0.25) is 0 Å². The lowest BCUT2D eigenvalue weighted by atomic mass is 10.3. The van der Waals surface area contributed by atoms with Gasteiger partial charge in [0, 0.05) is 5.02 Å². The van der Waals surface area contributed by atoms with Crippen LogP contribution in [0.4, 0.5) is 0 Å². The number of nitrogens with zero attached hydrogens (tertiary/aromatic N) is 2. The first-order valence-electron chi connectivity index (χ1n) is 4.67. The van der Waals surface area contributed by atoms with E-state index in [0.29, 0.717) is 0 Å². The molecular formula is C9H8ClN3O4S. The second kappa shape index (κ2) is 4.92. The average Bonchev–Trinajstić information content (AvgIpc) is 2.79. The molecule has 7 nitrogen and oxygen atoms in total. The molecule has 2 N–H and O–H groups in total. The summed E-state index contributed by atoms with van der Waals surface area (Å²) >= 11 is 5.71. The molecule has 0 unspecified atom stereocenters. The lowest BCUT2D eigenvalue weighted by Gasteiger charge is -2.08. The number of benzene rings is 1. The standard InChI is InChI=1S/C9H8ClN3O4S/c10-6-1-2-7(8(3-6)18(11,14)15)16-4-9-12-5-17-13-9/h1-3,5H,4H2,(H2,11,14,15). The highest BCUT2D eigenvalue weighted by Crippen LogP contribution is 2.26. The molecule has 0 atom stereocenters. The molecule has 0 amide bonds. The Morgan fingerprint density at radius 1 is 1.44 bits per heavy atom. The molecule has 18 heavy (non-hydrogen) atoms. The van der Waals surface area contributed by atoms with E-state index < -0.39 is 10.0 Å². The smallest absolute Gasteiger partial charge is 0.241 e. The topological polar surface area (TPSA) is 108 Å². The van der Waals surface area contributed by atoms with Gasteiger partial charge in [0.2, 0.25) is 22.2 Å². The summed E-state index contributed by atoms with van der Waals surface area (Å²) in [6, 6.07) is 4.10. The van der Waals surface area contributed by atoms with Crippen molar-refractivity contribution in [1.82, 2.24) is 10.1 Å². The summed E-state index contributed by atoms with van der Waals surface area (Å²) < 4.78 is 32.5. The molecule has 0 spiro atoms. The molecule has 1 aromatic carbocycles. The van der Waals surface area contributed by atoms with E-state index in [4.69, 9.17) is 21.5 Å². The predicted octanol–water partition coefficient (Wildman–Crippen LogP) is 0.949. The third-order valence-electron chi connectivity index (χ3n) is 1.98. The predicted molar refractivity (Wildman–Crippen MR) is 61.5 cm³/mol. The molecule has 1 aromatic heterocycles. The number of nitrogens with two attached hydrogens (primary N) is 1. The van der Waals surface area contributed by atoms with Crippen molar-refractivity contribution in [2.45, 2.75) is 11.5 Å². The molecule has 0 saturated carbocycles. The summed E-state index contributed by atoms with van der Waals surface area (Å²) in [5.74, 6) is 0.358. The Morgan fingerprint density at radius 3 is 2.83 bits per heavy atom. The van der Waals surface area contributed by atoms with E-state index in [-0.39, 0.29) is 28.1 Å². The summed E-state index contributed by atoms with van der Waals surface area (Å²) in [6.07, 6.45) is 1.14. The molecule has 0 aliphatic heterocycles. The van der Waals surface area contributed by atoms with E-state index in [9.17, 15) is 8.42 Å². The van der Waals surface area contributed by atoms with Gasteiger partial charge in [-0.15, -0.1) is 0 Å². The van der Waals surface area contributed by atoms with Crippen molar-refractivity contribution in [3.63, 3.8) is 0 Å². The normalized spacial score (nSPS) is 11.4. The molecule has 2 rings (SSSR count). The summed E-state index contributed by atoms with van der Waals surface area (Å²) in [4.78, 5) is 3.54. The fraction of sp³-hybridized carbons (Fsp3) is 0.111. The van der Waals surface area contributed by atoms with Crippen LogP contribution in [0.3, 0.4) is 0 Å². The van der Waals surface area contributed by atoms with Gasteiger partial charge in [0.05, 0.1) is 0 Å². The summed E-state index contributed by atoms with van der Waals surface area (Å²) in [5.41, 5.74) is 0. The molecule has 0 radical (unpaired) electrons. The highest BCUT2D eigenvalue weighted by molar-refractivity contribution is 7.89. The number of ether oxygens (including phenoxy) is 1. The van der Waals surface area contributed by atoms with Crippen LogP contribution in [0.5, 0.6) is 5.75 Å². The van der Waals surface area contributed by atoms with Crippen molar-refractivity contribution in [3.8, 4) is 5.75 Å². The van der Waals surface area contributed by atoms with Gasteiger partial charge in [-0.2, -0.15) is 4.98 Å². The SMILES string of the molecule is NS(=O)(=O)c1cc(Cl)ccc1OCc1ncon1. The number of sulfonamides is 1. The molecule has 0 bridgehead atoms. The lowest BCUT2D eigenvalue weighted by molar-refractivity contribution is 0.279. The minimum absolute atomic E-state index is 0.0410. The van der Waals surface area contributed by atoms with Crippen molar-refractivity contribution in [2.75, 3.05) is 0 Å². The number of halogens is 1. The quantitative estimate of drug-likeness (QED) is 0.897. The van der Waals surface area contributed by atoms with Crippen molar-refractivity contribution < 1.29 is 17.7 Å². The number of primary sulfonamides is 1. The maximum absolute atomic E-state index is 11.4. The van der Waals surface area contributed by atoms with E-state index in [2.05, 4.69) is 14.7 Å². The van der Waals surface area contributed by atoms with Gasteiger partial charge in [0.15, 0.2) is 6.61 Å². The Bertz CT molecular complexity index is 642. The van der Waals surface area contributed by atoms with Crippen LogP contribution < -0.4 is 9.88 Å². The first kappa shape index (κ1) is 12.8. The van der Waals surface area contributed by atoms with Crippen LogP contribution in [-0.2, 0) is 16.6 Å². The van der Waals surface area contributed by atoms with Gasteiger partial charge in [-0.1, -0.05) is 16.8 Å². The maximum atomic E-state index is 11.4. The molecule has 2 aromatic rings. The highest BCUT2D eigenvalue weighted by Gasteiger charge is 2.16. The third-order valence-corrected chi connectivity index (χ3v) is 3.14. The number of hydrogen-bond donors (Lipinski definition) is 1. The van der Waals surface area contributed by atoms with Crippen molar-refractivity contribution in [2.24, 2.45) is 5.14 Å². The minimum Gasteiger partial charge on any atom is -0.484 e. The number of rotatable bonds is 4. The second-order valence-electron chi connectivity index (χ2n) is 3.27. The van der Waals surface area contributed by atoms with Crippen LogP contribution in [0, 0.1) is 0 Å². The Morgan fingerprint density at radius 2 is 2.22 bits per heavy atom. The van der Waals surface area contributed by atoms with Crippen LogP contribution in [0.15, 0.2) is 34.0 Å². The summed E-state index contributed by atoms with van der Waals surface area (Å²) in [6.45, 7) is -0.0410. The van der Waals surface area contributed by atoms with E-state index in [1.165, 1.54) is 18.2 Å². The van der Waals surface area contributed by atoms with E-state index in [1.54, 1.807) is 0 Å². The van der Waals surface area contributed by atoms with Gasteiger partial charge in [-0.05, 0) is 18.2 Å². The third kappa shape index (κ3) is 2.97. The van der Waals surface area contributed by atoms with Crippen LogP contribution >= 0.6 is 11.6 Å². The molecule has 0 fully saturated rings. The number of hydrogen-bond acceptors (Lipinski definition) is 6. The van der Waals surface area contributed by atoms with Crippen LogP contribution in [-0.4, -0.2) is 18.6 Å². The van der Waals surface area contributed by atoms with Crippen molar-refractivity contribution in [1.29, 1.82) is 0 Å². The Kier molecular flexibility index (Phi) is 3.50. The zero-order valence-corrected chi connectivity index (χ0v) is 10.5. The highest BCUT2D eigenvalue weighted by atomic mass is 35.5. The van der Waals surface area contributed by atoms with Crippen molar-refractivity contribution in [3.05, 3.63) is 35.4 Å². The van der Waals surface area contributed by atoms with E-state index >= 15 is 0 Å². The molecule has 1 heterocycles. The number of aromatic nitrogens is 2. The van der Waals surface area contributed by atoms with Crippen LogP contribution in [0.1, 0.15) is 5.82 Å².